The second-order valence-corrected chi connectivity index (χ2v) is 5.34. The first-order valence-electron chi connectivity index (χ1n) is 7.02. The first-order valence-corrected chi connectivity index (χ1v) is 7.02. The van der Waals surface area contributed by atoms with Crippen LogP contribution < -0.4 is 16.0 Å². The lowest BCUT2D eigenvalue weighted by molar-refractivity contribution is 0.0901. The largest absolute Gasteiger partial charge is 0.382 e. The van der Waals surface area contributed by atoms with Crippen molar-refractivity contribution >= 4 is 17.3 Å². The van der Waals surface area contributed by atoms with Crippen LogP contribution in [0.15, 0.2) is 18.2 Å². The van der Waals surface area contributed by atoms with E-state index in [1.807, 2.05) is 18.2 Å². The topological polar surface area (TPSA) is 53.2 Å². The highest BCUT2D eigenvalue weighted by Gasteiger charge is 2.23. The minimum Gasteiger partial charge on any atom is -0.382 e. The van der Waals surface area contributed by atoms with E-state index in [0.717, 1.165) is 37.3 Å². The van der Waals surface area contributed by atoms with Gasteiger partial charge in [0.25, 0.3) is 5.91 Å². The lowest BCUT2D eigenvalue weighted by Gasteiger charge is -2.28. The molecule has 1 aromatic carbocycles. The monoisotopic (exact) mass is 261 g/mol. The Labute approximate surface area is 115 Å². The molecule has 104 valence electrons. The number of carbonyl (C=O) groups excluding carboxylic acids is 1. The molecule has 0 spiro atoms. The molecule has 2 rings (SSSR count). The molecule has 0 bridgehead atoms. The SMILES string of the molecule is CCC(C)(CC)NC(=O)c1ccc2c(c1)NCCN2. The van der Waals surface area contributed by atoms with Gasteiger partial charge in [-0.25, -0.2) is 0 Å². The molecule has 1 amide bonds. The van der Waals surface area contributed by atoms with Gasteiger partial charge in [-0.2, -0.15) is 0 Å². The number of amides is 1. The molecule has 1 aliphatic heterocycles. The van der Waals surface area contributed by atoms with Crippen LogP contribution in [0.3, 0.4) is 0 Å². The third-order valence-corrected chi connectivity index (χ3v) is 4.01. The standard InChI is InChI=1S/C15H23N3O/c1-4-15(3,5-2)18-14(19)11-6-7-12-13(10-11)17-9-8-16-12/h6-7,10,16-17H,4-5,8-9H2,1-3H3,(H,18,19). The smallest absolute Gasteiger partial charge is 0.251 e. The third-order valence-electron chi connectivity index (χ3n) is 4.01. The van der Waals surface area contributed by atoms with Crippen molar-refractivity contribution in [2.75, 3.05) is 23.7 Å². The van der Waals surface area contributed by atoms with Crippen molar-refractivity contribution in [3.8, 4) is 0 Å². The van der Waals surface area contributed by atoms with Gasteiger partial charge in [-0.1, -0.05) is 13.8 Å². The minimum atomic E-state index is -0.126. The summed E-state index contributed by atoms with van der Waals surface area (Å²) < 4.78 is 0. The third kappa shape index (κ3) is 3.00. The molecular weight excluding hydrogens is 238 g/mol. The van der Waals surface area contributed by atoms with E-state index in [-0.39, 0.29) is 11.4 Å². The van der Waals surface area contributed by atoms with Crippen molar-refractivity contribution in [3.63, 3.8) is 0 Å². The van der Waals surface area contributed by atoms with Crippen LogP contribution in [-0.4, -0.2) is 24.5 Å². The average Bonchev–Trinajstić information content (AvgIpc) is 2.46. The summed E-state index contributed by atoms with van der Waals surface area (Å²) >= 11 is 0. The number of fused-ring (bicyclic) bond motifs is 1. The summed E-state index contributed by atoms with van der Waals surface area (Å²) in [5.41, 5.74) is 2.66. The van der Waals surface area contributed by atoms with Crippen LogP contribution in [-0.2, 0) is 0 Å². The van der Waals surface area contributed by atoms with Gasteiger partial charge in [0, 0.05) is 24.2 Å². The van der Waals surface area contributed by atoms with E-state index in [1.165, 1.54) is 0 Å². The average molecular weight is 261 g/mol. The Morgan fingerprint density at radius 1 is 1.21 bits per heavy atom. The number of rotatable bonds is 4. The van der Waals surface area contributed by atoms with Gasteiger partial charge in [-0.3, -0.25) is 4.79 Å². The number of hydrogen-bond donors (Lipinski definition) is 3. The molecule has 4 nitrogen and oxygen atoms in total. The summed E-state index contributed by atoms with van der Waals surface area (Å²) in [5.74, 6) is 0.00127. The highest BCUT2D eigenvalue weighted by atomic mass is 16.1. The Bertz CT molecular complexity index is 466. The van der Waals surface area contributed by atoms with Gasteiger partial charge in [-0.05, 0) is 38.0 Å². The van der Waals surface area contributed by atoms with Crippen molar-refractivity contribution in [1.29, 1.82) is 0 Å². The molecular formula is C15H23N3O. The Morgan fingerprint density at radius 3 is 2.47 bits per heavy atom. The maximum absolute atomic E-state index is 12.3. The summed E-state index contributed by atoms with van der Waals surface area (Å²) in [7, 11) is 0. The number of anilines is 2. The molecule has 1 heterocycles. The van der Waals surface area contributed by atoms with Crippen molar-refractivity contribution in [3.05, 3.63) is 23.8 Å². The van der Waals surface area contributed by atoms with Crippen LogP contribution in [0.25, 0.3) is 0 Å². The van der Waals surface area contributed by atoms with E-state index in [0.29, 0.717) is 5.56 Å². The van der Waals surface area contributed by atoms with Crippen molar-refractivity contribution in [1.82, 2.24) is 5.32 Å². The van der Waals surface area contributed by atoms with Crippen molar-refractivity contribution in [2.45, 2.75) is 39.2 Å². The van der Waals surface area contributed by atoms with Gasteiger partial charge in [0.15, 0.2) is 0 Å². The quantitative estimate of drug-likeness (QED) is 0.781. The Morgan fingerprint density at radius 2 is 1.84 bits per heavy atom. The van der Waals surface area contributed by atoms with Gasteiger partial charge in [0.05, 0.1) is 11.4 Å². The van der Waals surface area contributed by atoms with Crippen molar-refractivity contribution in [2.24, 2.45) is 0 Å². The van der Waals surface area contributed by atoms with E-state index in [1.54, 1.807) is 0 Å². The van der Waals surface area contributed by atoms with Gasteiger partial charge in [0.1, 0.15) is 0 Å². The normalized spacial score (nSPS) is 14.1. The molecule has 0 unspecified atom stereocenters. The van der Waals surface area contributed by atoms with E-state index < -0.39 is 0 Å². The van der Waals surface area contributed by atoms with Crippen LogP contribution in [0, 0.1) is 0 Å². The zero-order chi connectivity index (χ0) is 13.9. The molecule has 4 heteroatoms. The van der Waals surface area contributed by atoms with Crippen LogP contribution >= 0.6 is 0 Å². The van der Waals surface area contributed by atoms with Gasteiger partial charge in [-0.15, -0.1) is 0 Å². The first-order chi connectivity index (χ1) is 9.08. The lowest BCUT2D eigenvalue weighted by atomic mass is 9.95. The summed E-state index contributed by atoms with van der Waals surface area (Å²) in [6, 6.07) is 5.76. The predicted octanol–water partition coefficient (Wildman–Crippen LogP) is 2.83. The second-order valence-electron chi connectivity index (χ2n) is 5.34. The van der Waals surface area contributed by atoms with Crippen molar-refractivity contribution < 1.29 is 4.79 Å². The van der Waals surface area contributed by atoms with Crippen LogP contribution in [0.5, 0.6) is 0 Å². The summed E-state index contributed by atoms with van der Waals surface area (Å²) in [6.45, 7) is 8.09. The zero-order valence-corrected chi connectivity index (χ0v) is 12.0. The molecule has 0 saturated carbocycles. The molecule has 0 radical (unpaired) electrons. The Kier molecular flexibility index (Phi) is 3.98. The fraction of sp³-hybridized carbons (Fsp3) is 0.533. The van der Waals surface area contributed by atoms with Crippen LogP contribution in [0.1, 0.15) is 44.0 Å². The molecule has 3 N–H and O–H groups in total. The molecule has 0 fully saturated rings. The molecule has 1 aliphatic rings. The van der Waals surface area contributed by atoms with Gasteiger partial charge < -0.3 is 16.0 Å². The van der Waals surface area contributed by atoms with Gasteiger partial charge in [0.2, 0.25) is 0 Å². The maximum atomic E-state index is 12.3. The zero-order valence-electron chi connectivity index (χ0n) is 12.0. The van der Waals surface area contributed by atoms with Crippen LogP contribution in [0.4, 0.5) is 11.4 Å². The molecule has 0 atom stereocenters. The van der Waals surface area contributed by atoms with Gasteiger partial charge >= 0.3 is 0 Å². The highest BCUT2D eigenvalue weighted by Crippen LogP contribution is 2.25. The van der Waals surface area contributed by atoms with E-state index in [2.05, 4.69) is 36.7 Å². The molecule has 0 aliphatic carbocycles. The van der Waals surface area contributed by atoms with E-state index in [4.69, 9.17) is 0 Å². The summed E-state index contributed by atoms with van der Waals surface area (Å²) in [4.78, 5) is 12.3. The fourth-order valence-electron chi connectivity index (χ4n) is 2.15. The number of hydrogen-bond acceptors (Lipinski definition) is 3. The Balaban J connectivity index is 2.15. The maximum Gasteiger partial charge on any atom is 0.251 e. The highest BCUT2D eigenvalue weighted by molar-refractivity contribution is 5.96. The molecule has 1 aromatic rings. The number of benzene rings is 1. The summed E-state index contributed by atoms with van der Waals surface area (Å²) in [6.07, 6.45) is 1.86. The van der Waals surface area contributed by atoms with E-state index in [9.17, 15) is 4.79 Å². The second kappa shape index (κ2) is 5.51. The van der Waals surface area contributed by atoms with Crippen LogP contribution in [0.2, 0.25) is 0 Å². The first kappa shape index (κ1) is 13.7. The fourth-order valence-corrected chi connectivity index (χ4v) is 2.15. The molecule has 0 saturated heterocycles. The predicted molar refractivity (Wildman–Crippen MR) is 79.9 cm³/mol. The number of carbonyl (C=O) groups is 1. The van der Waals surface area contributed by atoms with E-state index >= 15 is 0 Å². The molecule has 0 aromatic heterocycles. The Hall–Kier alpha value is -1.71. The molecule has 19 heavy (non-hydrogen) atoms. The lowest BCUT2D eigenvalue weighted by Crippen LogP contribution is -2.45. The number of nitrogens with one attached hydrogen (secondary N) is 3. The summed E-state index contributed by atoms with van der Waals surface area (Å²) in [5, 5.41) is 9.74. The minimum absolute atomic E-state index is 0.00127.